The van der Waals surface area contributed by atoms with Gasteiger partial charge in [0, 0.05) is 18.3 Å². The number of benzene rings is 1. The van der Waals surface area contributed by atoms with Crippen molar-refractivity contribution in [1.82, 2.24) is 9.97 Å². The lowest BCUT2D eigenvalue weighted by Crippen LogP contribution is -2.15. The first kappa shape index (κ1) is 14.2. The van der Waals surface area contributed by atoms with E-state index in [-0.39, 0.29) is 11.1 Å². The number of hydrogen-bond acceptors (Lipinski definition) is 6. The van der Waals surface area contributed by atoms with E-state index in [4.69, 9.17) is 21.1 Å². The Morgan fingerprint density at radius 1 is 1.26 bits per heavy atom. The standard InChI is InChI=1S/C15H10ClN3O3S/c16-13-8(2-1-3-17-13)14(20)19-15-18-9-6-10-11(7-12(9)23-15)22-5-4-21-10/h1-3,6-7H,4-5H2,(H,18,19,20). The number of anilines is 1. The minimum Gasteiger partial charge on any atom is -0.486 e. The number of fused-ring (bicyclic) bond motifs is 2. The van der Waals surface area contributed by atoms with E-state index in [1.165, 1.54) is 17.5 Å². The summed E-state index contributed by atoms with van der Waals surface area (Å²) in [5.74, 6) is 1.02. The van der Waals surface area contributed by atoms with Crippen LogP contribution < -0.4 is 14.8 Å². The maximum absolute atomic E-state index is 12.2. The number of aromatic nitrogens is 2. The van der Waals surface area contributed by atoms with Gasteiger partial charge >= 0.3 is 0 Å². The lowest BCUT2D eigenvalue weighted by atomic mass is 10.3. The molecule has 0 spiro atoms. The molecule has 3 heterocycles. The average molecular weight is 348 g/mol. The second-order valence-electron chi connectivity index (χ2n) is 4.78. The van der Waals surface area contributed by atoms with Gasteiger partial charge in [0.15, 0.2) is 16.6 Å². The highest BCUT2D eigenvalue weighted by atomic mass is 35.5. The van der Waals surface area contributed by atoms with Crippen molar-refractivity contribution in [2.75, 3.05) is 18.5 Å². The molecule has 8 heteroatoms. The van der Waals surface area contributed by atoms with E-state index in [9.17, 15) is 4.79 Å². The van der Waals surface area contributed by atoms with Crippen LogP contribution in [0.25, 0.3) is 10.2 Å². The van der Waals surface area contributed by atoms with E-state index >= 15 is 0 Å². The van der Waals surface area contributed by atoms with Crippen LogP contribution in [0.15, 0.2) is 30.5 Å². The Morgan fingerprint density at radius 3 is 2.83 bits per heavy atom. The molecule has 0 radical (unpaired) electrons. The molecule has 0 bridgehead atoms. The highest BCUT2D eigenvalue weighted by molar-refractivity contribution is 7.22. The molecule has 1 amide bonds. The Morgan fingerprint density at radius 2 is 2.04 bits per heavy atom. The smallest absolute Gasteiger partial charge is 0.260 e. The van der Waals surface area contributed by atoms with Crippen molar-refractivity contribution in [3.05, 3.63) is 41.2 Å². The molecule has 116 valence electrons. The van der Waals surface area contributed by atoms with Crippen molar-refractivity contribution in [3.63, 3.8) is 0 Å². The third-order valence-corrected chi connectivity index (χ3v) is 4.51. The number of hydrogen-bond donors (Lipinski definition) is 1. The van der Waals surface area contributed by atoms with Crippen LogP contribution in [-0.2, 0) is 0 Å². The summed E-state index contributed by atoms with van der Waals surface area (Å²) in [6, 6.07) is 6.95. The van der Waals surface area contributed by atoms with Crippen LogP contribution >= 0.6 is 22.9 Å². The van der Waals surface area contributed by atoms with E-state index in [0.29, 0.717) is 35.4 Å². The van der Waals surface area contributed by atoms with Crippen molar-refractivity contribution in [2.45, 2.75) is 0 Å². The lowest BCUT2D eigenvalue weighted by Gasteiger charge is -2.17. The Labute approximate surface area is 140 Å². The zero-order valence-corrected chi connectivity index (χ0v) is 13.3. The van der Waals surface area contributed by atoms with Gasteiger partial charge in [0.25, 0.3) is 5.91 Å². The summed E-state index contributed by atoms with van der Waals surface area (Å²) in [5, 5.41) is 3.38. The summed E-state index contributed by atoms with van der Waals surface area (Å²) in [5.41, 5.74) is 1.05. The summed E-state index contributed by atoms with van der Waals surface area (Å²) >= 11 is 7.28. The van der Waals surface area contributed by atoms with Crippen LogP contribution in [0.4, 0.5) is 5.13 Å². The first-order valence-corrected chi connectivity index (χ1v) is 8.02. The SMILES string of the molecule is O=C(Nc1nc2cc3c(cc2s1)OCCO3)c1cccnc1Cl. The van der Waals surface area contributed by atoms with Gasteiger partial charge in [0.2, 0.25) is 0 Å². The second kappa shape index (κ2) is 5.68. The van der Waals surface area contributed by atoms with Crippen LogP contribution in [-0.4, -0.2) is 29.1 Å². The third kappa shape index (κ3) is 2.69. The van der Waals surface area contributed by atoms with Crippen LogP contribution in [0.1, 0.15) is 10.4 Å². The molecule has 0 aliphatic carbocycles. The van der Waals surface area contributed by atoms with Gasteiger partial charge in [-0.25, -0.2) is 9.97 Å². The van der Waals surface area contributed by atoms with Crippen LogP contribution in [0.3, 0.4) is 0 Å². The summed E-state index contributed by atoms with van der Waals surface area (Å²) in [4.78, 5) is 20.5. The maximum Gasteiger partial charge on any atom is 0.260 e. The highest BCUT2D eigenvalue weighted by Crippen LogP contribution is 2.37. The number of nitrogens with one attached hydrogen (secondary N) is 1. The van der Waals surface area contributed by atoms with Gasteiger partial charge in [0.05, 0.1) is 15.8 Å². The predicted octanol–water partition coefficient (Wildman–Crippen LogP) is 3.37. The number of carbonyl (C=O) groups is 1. The number of carbonyl (C=O) groups excluding carboxylic acids is 1. The molecule has 6 nitrogen and oxygen atoms in total. The first-order valence-electron chi connectivity index (χ1n) is 6.83. The largest absolute Gasteiger partial charge is 0.486 e. The molecule has 3 aromatic rings. The number of nitrogens with zero attached hydrogens (tertiary/aromatic N) is 2. The molecule has 1 N–H and O–H groups in total. The molecule has 1 aliphatic rings. The Kier molecular flexibility index (Phi) is 3.51. The van der Waals surface area contributed by atoms with Crippen LogP contribution in [0.5, 0.6) is 11.5 Å². The van der Waals surface area contributed by atoms with Gasteiger partial charge in [-0.05, 0) is 12.1 Å². The molecule has 0 fully saturated rings. The van der Waals surface area contributed by atoms with E-state index in [2.05, 4.69) is 15.3 Å². The zero-order chi connectivity index (χ0) is 15.8. The number of pyridine rings is 1. The van der Waals surface area contributed by atoms with Crippen molar-refractivity contribution in [1.29, 1.82) is 0 Å². The number of rotatable bonds is 2. The normalized spacial score (nSPS) is 13.1. The molecule has 23 heavy (non-hydrogen) atoms. The molecular formula is C15H10ClN3O3S. The lowest BCUT2D eigenvalue weighted by molar-refractivity contribution is 0.102. The third-order valence-electron chi connectivity index (χ3n) is 3.28. The number of halogens is 1. The van der Waals surface area contributed by atoms with E-state index in [1.54, 1.807) is 12.1 Å². The van der Waals surface area contributed by atoms with Gasteiger partial charge in [0.1, 0.15) is 18.4 Å². The van der Waals surface area contributed by atoms with Crippen LogP contribution in [0, 0.1) is 0 Å². The van der Waals surface area contributed by atoms with Crippen molar-refractivity contribution in [2.24, 2.45) is 0 Å². The highest BCUT2D eigenvalue weighted by Gasteiger charge is 2.17. The van der Waals surface area contributed by atoms with Crippen molar-refractivity contribution in [3.8, 4) is 11.5 Å². The topological polar surface area (TPSA) is 73.3 Å². The molecule has 0 atom stereocenters. The number of amides is 1. The Balaban J connectivity index is 1.64. The number of ether oxygens (including phenoxy) is 2. The molecule has 2 aromatic heterocycles. The van der Waals surface area contributed by atoms with Gasteiger partial charge in [-0.2, -0.15) is 0 Å². The summed E-state index contributed by atoms with van der Waals surface area (Å²) in [6.07, 6.45) is 1.53. The Bertz CT molecular complexity index is 869. The summed E-state index contributed by atoms with van der Waals surface area (Å²) in [6.45, 7) is 1.05. The fourth-order valence-electron chi connectivity index (χ4n) is 2.24. The second-order valence-corrected chi connectivity index (χ2v) is 6.17. The van der Waals surface area contributed by atoms with Gasteiger partial charge < -0.3 is 9.47 Å². The first-order chi connectivity index (χ1) is 11.2. The van der Waals surface area contributed by atoms with E-state index < -0.39 is 0 Å². The molecule has 1 aliphatic heterocycles. The summed E-state index contributed by atoms with van der Waals surface area (Å²) < 4.78 is 12.0. The molecule has 0 saturated heterocycles. The van der Waals surface area contributed by atoms with Gasteiger partial charge in [-0.3, -0.25) is 10.1 Å². The monoisotopic (exact) mass is 347 g/mol. The minimum absolute atomic E-state index is 0.156. The molecule has 4 rings (SSSR count). The van der Waals surface area contributed by atoms with Crippen molar-refractivity contribution < 1.29 is 14.3 Å². The zero-order valence-electron chi connectivity index (χ0n) is 11.7. The number of thiazole rings is 1. The molecule has 0 saturated carbocycles. The van der Waals surface area contributed by atoms with E-state index in [0.717, 1.165) is 10.2 Å². The molecule has 0 unspecified atom stereocenters. The minimum atomic E-state index is -0.348. The maximum atomic E-state index is 12.2. The summed E-state index contributed by atoms with van der Waals surface area (Å²) in [7, 11) is 0. The van der Waals surface area contributed by atoms with Crippen molar-refractivity contribution >= 4 is 44.2 Å². The predicted molar refractivity (Wildman–Crippen MR) is 87.8 cm³/mol. The molecule has 1 aromatic carbocycles. The van der Waals surface area contributed by atoms with Gasteiger partial charge in [-0.1, -0.05) is 22.9 Å². The Hall–Kier alpha value is -2.38. The van der Waals surface area contributed by atoms with Gasteiger partial charge in [-0.15, -0.1) is 0 Å². The average Bonchev–Trinajstić information content (AvgIpc) is 2.93. The fraction of sp³-hybridized carbons (Fsp3) is 0.133. The fourth-order valence-corrected chi connectivity index (χ4v) is 3.31. The quantitative estimate of drug-likeness (QED) is 0.719. The van der Waals surface area contributed by atoms with E-state index in [1.807, 2.05) is 12.1 Å². The molecular weight excluding hydrogens is 338 g/mol. The van der Waals surface area contributed by atoms with Crippen LogP contribution in [0.2, 0.25) is 5.15 Å².